The predicted molar refractivity (Wildman–Crippen MR) is 98.5 cm³/mol. The smallest absolute Gasteiger partial charge is 0.269 e. The zero-order valence-corrected chi connectivity index (χ0v) is 15.2. The lowest BCUT2D eigenvalue weighted by Gasteiger charge is -2.10. The van der Waals surface area contributed by atoms with Gasteiger partial charge in [-0.25, -0.2) is 4.98 Å². The zero-order valence-electron chi connectivity index (χ0n) is 15.2. The van der Waals surface area contributed by atoms with Crippen LogP contribution in [0.3, 0.4) is 0 Å². The van der Waals surface area contributed by atoms with E-state index in [4.69, 9.17) is 4.74 Å². The number of nitrogens with one attached hydrogen (secondary N) is 2. The van der Waals surface area contributed by atoms with Gasteiger partial charge in [-0.05, 0) is 42.2 Å². The van der Waals surface area contributed by atoms with E-state index in [2.05, 4.69) is 22.5 Å². The predicted octanol–water partition coefficient (Wildman–Crippen LogP) is 2.18. The summed E-state index contributed by atoms with van der Waals surface area (Å²) in [5.41, 5.74) is 2.35. The molecule has 1 heterocycles. The summed E-state index contributed by atoms with van der Waals surface area (Å²) in [7, 11) is 3.16. The number of carbonyl (C=O) groups excluding carboxylic acids is 2. The van der Waals surface area contributed by atoms with E-state index in [1.54, 1.807) is 20.2 Å². The molecule has 136 valence electrons. The van der Waals surface area contributed by atoms with Crippen molar-refractivity contribution in [2.45, 2.75) is 25.8 Å². The van der Waals surface area contributed by atoms with Crippen molar-refractivity contribution in [2.75, 3.05) is 14.2 Å². The fourth-order valence-electron chi connectivity index (χ4n) is 2.82. The number of hydrogen-bond donors (Lipinski definition) is 2. The Kier molecular flexibility index (Phi) is 5.21. The molecule has 2 aromatic rings. The minimum absolute atomic E-state index is 0.168. The number of methoxy groups -OCH3 is 1. The van der Waals surface area contributed by atoms with Gasteiger partial charge in [-0.15, -0.1) is 0 Å². The molecule has 3 rings (SSSR count). The Labute approximate surface area is 153 Å². The van der Waals surface area contributed by atoms with Crippen LogP contribution in [0, 0.1) is 5.92 Å². The fourth-order valence-corrected chi connectivity index (χ4v) is 2.82. The van der Waals surface area contributed by atoms with E-state index in [0.29, 0.717) is 23.6 Å². The quantitative estimate of drug-likeness (QED) is 0.834. The van der Waals surface area contributed by atoms with Crippen molar-refractivity contribution in [1.29, 1.82) is 0 Å². The fraction of sp³-hybridized carbons (Fsp3) is 0.350. The van der Waals surface area contributed by atoms with Crippen LogP contribution in [-0.2, 0) is 6.42 Å². The molecule has 0 radical (unpaired) electrons. The third-order valence-corrected chi connectivity index (χ3v) is 4.55. The van der Waals surface area contributed by atoms with Crippen LogP contribution in [0.1, 0.15) is 45.4 Å². The highest BCUT2D eigenvalue weighted by Gasteiger charge is 2.34. The van der Waals surface area contributed by atoms with E-state index in [-0.39, 0.29) is 23.6 Å². The lowest BCUT2D eigenvalue weighted by molar-refractivity contribution is 0.0949. The molecule has 2 amide bonds. The molecule has 0 bridgehead atoms. The maximum Gasteiger partial charge on any atom is 0.269 e. The van der Waals surface area contributed by atoms with Crippen molar-refractivity contribution >= 4 is 11.8 Å². The third-order valence-electron chi connectivity index (χ3n) is 4.55. The first-order chi connectivity index (χ1) is 12.5. The van der Waals surface area contributed by atoms with Crippen LogP contribution in [0.25, 0.3) is 0 Å². The van der Waals surface area contributed by atoms with Crippen LogP contribution in [0.2, 0.25) is 0 Å². The first-order valence-electron chi connectivity index (χ1n) is 8.67. The van der Waals surface area contributed by atoms with Gasteiger partial charge < -0.3 is 15.4 Å². The van der Waals surface area contributed by atoms with Crippen molar-refractivity contribution in [1.82, 2.24) is 15.6 Å². The van der Waals surface area contributed by atoms with Crippen LogP contribution in [0.15, 0.2) is 36.4 Å². The zero-order chi connectivity index (χ0) is 18.7. The number of pyridine rings is 1. The summed E-state index contributed by atoms with van der Waals surface area (Å²) in [5, 5.41) is 5.56. The molecule has 1 aromatic heterocycles. The topological polar surface area (TPSA) is 80.3 Å². The molecule has 26 heavy (non-hydrogen) atoms. The average molecular weight is 353 g/mol. The number of carbonyl (C=O) groups is 2. The molecule has 2 N–H and O–H groups in total. The Hall–Kier alpha value is -2.89. The van der Waals surface area contributed by atoms with Crippen LogP contribution in [-0.4, -0.2) is 37.0 Å². The number of nitrogens with zero attached hydrogens (tertiary/aromatic N) is 1. The maximum absolute atomic E-state index is 12.5. The van der Waals surface area contributed by atoms with E-state index in [9.17, 15) is 9.59 Å². The Morgan fingerprint density at radius 2 is 2.00 bits per heavy atom. The summed E-state index contributed by atoms with van der Waals surface area (Å²) in [4.78, 5) is 29.0. The van der Waals surface area contributed by atoms with E-state index >= 15 is 0 Å². The van der Waals surface area contributed by atoms with Crippen molar-refractivity contribution in [3.8, 4) is 5.75 Å². The van der Waals surface area contributed by atoms with Gasteiger partial charge in [0.2, 0.25) is 0 Å². The molecule has 0 saturated heterocycles. The summed E-state index contributed by atoms with van der Waals surface area (Å²) in [6.07, 6.45) is 1.50. The number of rotatable bonds is 6. The van der Waals surface area contributed by atoms with E-state index in [0.717, 1.165) is 17.7 Å². The van der Waals surface area contributed by atoms with Gasteiger partial charge in [0.1, 0.15) is 11.4 Å². The Balaban J connectivity index is 1.88. The van der Waals surface area contributed by atoms with Crippen LogP contribution < -0.4 is 15.4 Å². The lowest BCUT2D eigenvalue weighted by Crippen LogP contribution is -2.28. The highest BCUT2D eigenvalue weighted by Crippen LogP contribution is 2.29. The monoisotopic (exact) mass is 353 g/mol. The third kappa shape index (κ3) is 4.20. The number of amides is 2. The molecule has 6 nitrogen and oxygen atoms in total. The molecular formula is C20H23N3O3. The maximum atomic E-state index is 12.5. The molecule has 1 aliphatic rings. The second-order valence-corrected chi connectivity index (χ2v) is 6.63. The van der Waals surface area contributed by atoms with Gasteiger partial charge in [0.05, 0.1) is 7.11 Å². The van der Waals surface area contributed by atoms with Gasteiger partial charge in [-0.2, -0.15) is 0 Å². The lowest BCUT2D eigenvalue weighted by atomic mass is 10.1. The van der Waals surface area contributed by atoms with E-state index < -0.39 is 0 Å². The van der Waals surface area contributed by atoms with Crippen LogP contribution in [0.5, 0.6) is 5.75 Å². The van der Waals surface area contributed by atoms with E-state index in [1.807, 2.05) is 24.3 Å². The number of aromatic nitrogens is 1. The van der Waals surface area contributed by atoms with Gasteiger partial charge in [-0.1, -0.05) is 19.1 Å². The number of hydrogen-bond acceptors (Lipinski definition) is 4. The minimum atomic E-state index is -0.314. The second kappa shape index (κ2) is 7.56. The SMILES string of the molecule is CNC(=O)c1cc(C(=O)N[C@H]2C[C@@H]2C)cc(Cc2cccc(OC)c2)n1. The van der Waals surface area contributed by atoms with Gasteiger partial charge in [0.25, 0.3) is 11.8 Å². The largest absolute Gasteiger partial charge is 0.497 e. The Morgan fingerprint density at radius 1 is 1.23 bits per heavy atom. The van der Waals surface area contributed by atoms with Crippen LogP contribution >= 0.6 is 0 Å². The van der Waals surface area contributed by atoms with Gasteiger partial charge in [0, 0.05) is 30.8 Å². The van der Waals surface area contributed by atoms with Crippen molar-refractivity contribution in [3.05, 3.63) is 58.9 Å². The molecule has 1 aromatic carbocycles. The normalized spacial score (nSPS) is 18.1. The Bertz CT molecular complexity index is 835. The molecule has 0 aliphatic heterocycles. The molecular weight excluding hydrogens is 330 g/mol. The molecule has 1 saturated carbocycles. The summed E-state index contributed by atoms with van der Waals surface area (Å²) < 4.78 is 5.25. The average Bonchev–Trinajstić information content (AvgIpc) is 3.35. The highest BCUT2D eigenvalue weighted by atomic mass is 16.5. The summed E-state index contributed by atoms with van der Waals surface area (Å²) in [6, 6.07) is 11.2. The summed E-state index contributed by atoms with van der Waals surface area (Å²) >= 11 is 0. The first kappa shape index (κ1) is 17.9. The second-order valence-electron chi connectivity index (χ2n) is 6.63. The molecule has 2 atom stereocenters. The molecule has 1 aliphatic carbocycles. The number of benzene rings is 1. The van der Waals surface area contributed by atoms with Crippen molar-refractivity contribution < 1.29 is 14.3 Å². The van der Waals surface area contributed by atoms with Gasteiger partial charge in [-0.3, -0.25) is 9.59 Å². The van der Waals surface area contributed by atoms with E-state index in [1.165, 1.54) is 6.07 Å². The minimum Gasteiger partial charge on any atom is -0.497 e. The highest BCUT2D eigenvalue weighted by molar-refractivity contribution is 5.98. The van der Waals surface area contributed by atoms with Crippen molar-refractivity contribution in [3.63, 3.8) is 0 Å². The molecule has 1 fully saturated rings. The summed E-state index contributed by atoms with van der Waals surface area (Å²) in [5.74, 6) is 0.784. The number of ether oxygens (including phenoxy) is 1. The molecule has 6 heteroatoms. The van der Waals surface area contributed by atoms with Gasteiger partial charge in [0.15, 0.2) is 0 Å². The van der Waals surface area contributed by atoms with Gasteiger partial charge >= 0.3 is 0 Å². The molecule has 0 spiro atoms. The molecule has 0 unspecified atom stereocenters. The first-order valence-corrected chi connectivity index (χ1v) is 8.67. The standard InChI is InChI=1S/C20H23N3O3/c1-12-7-17(12)23-19(24)14-10-15(22-18(11-14)20(25)21-2)8-13-5-4-6-16(9-13)26-3/h4-6,9-12,17H,7-8H2,1-3H3,(H,21,25)(H,23,24)/t12-,17-/m0/s1. The van der Waals surface area contributed by atoms with Crippen LogP contribution in [0.4, 0.5) is 0 Å². The van der Waals surface area contributed by atoms with Crippen molar-refractivity contribution in [2.24, 2.45) is 5.92 Å². The summed E-state index contributed by atoms with van der Waals surface area (Å²) in [6.45, 7) is 2.10. The Morgan fingerprint density at radius 3 is 2.65 bits per heavy atom.